The number of hydrogen-bond acceptors (Lipinski definition) is 3. The maximum Gasteiger partial charge on any atom is 0.132 e. The van der Waals surface area contributed by atoms with Crippen molar-refractivity contribution in [3.63, 3.8) is 0 Å². The van der Waals surface area contributed by atoms with Gasteiger partial charge in [0.25, 0.3) is 0 Å². The second-order valence-corrected chi connectivity index (χ2v) is 4.42. The molecular weight excluding hydrogens is 222 g/mol. The smallest absolute Gasteiger partial charge is 0.132 e. The molecule has 1 aromatic heterocycles. The van der Waals surface area contributed by atoms with Gasteiger partial charge in [-0.1, -0.05) is 37.3 Å². The minimum absolute atomic E-state index is 0.894. The van der Waals surface area contributed by atoms with Crippen LogP contribution in [0.3, 0.4) is 0 Å². The van der Waals surface area contributed by atoms with Crippen molar-refractivity contribution >= 4 is 5.82 Å². The fourth-order valence-corrected chi connectivity index (χ4v) is 1.96. The van der Waals surface area contributed by atoms with E-state index < -0.39 is 0 Å². The van der Waals surface area contributed by atoms with Gasteiger partial charge in [0.2, 0.25) is 0 Å². The lowest BCUT2D eigenvalue weighted by molar-refractivity contribution is 0.751. The van der Waals surface area contributed by atoms with Crippen molar-refractivity contribution in [3.8, 4) is 0 Å². The summed E-state index contributed by atoms with van der Waals surface area (Å²) in [6, 6.07) is 12.5. The highest BCUT2D eigenvalue weighted by molar-refractivity contribution is 5.39. The summed E-state index contributed by atoms with van der Waals surface area (Å²) in [4.78, 5) is 10.8. The van der Waals surface area contributed by atoms with Crippen LogP contribution in [0.1, 0.15) is 24.6 Å². The van der Waals surface area contributed by atoms with Crippen LogP contribution in [0.4, 0.5) is 5.82 Å². The lowest BCUT2D eigenvalue weighted by atomic mass is 10.2. The van der Waals surface area contributed by atoms with Gasteiger partial charge in [-0.2, -0.15) is 0 Å². The average Bonchev–Trinajstić information content (AvgIpc) is 2.39. The van der Waals surface area contributed by atoms with E-state index in [9.17, 15) is 0 Å². The molecule has 0 unspecified atom stereocenters. The molecule has 0 aliphatic rings. The molecule has 1 heterocycles. The average molecular weight is 241 g/mol. The topological polar surface area (TPSA) is 29.0 Å². The van der Waals surface area contributed by atoms with Gasteiger partial charge in [-0.15, -0.1) is 0 Å². The zero-order chi connectivity index (χ0) is 12.8. The van der Waals surface area contributed by atoms with Crippen LogP contribution in [-0.2, 0) is 6.54 Å². The van der Waals surface area contributed by atoms with Crippen LogP contribution in [-0.4, -0.2) is 16.5 Å². The van der Waals surface area contributed by atoms with Crippen molar-refractivity contribution < 1.29 is 0 Å². The van der Waals surface area contributed by atoms with Crippen molar-refractivity contribution in [1.82, 2.24) is 9.97 Å². The third-order valence-electron chi connectivity index (χ3n) is 2.82. The highest BCUT2D eigenvalue weighted by Gasteiger charge is 2.08. The number of aryl methyl sites for hydroxylation is 1. The molecule has 3 nitrogen and oxygen atoms in total. The molecule has 0 bridgehead atoms. The van der Waals surface area contributed by atoms with Crippen LogP contribution in [0.25, 0.3) is 0 Å². The number of anilines is 1. The second-order valence-electron chi connectivity index (χ2n) is 4.42. The van der Waals surface area contributed by atoms with Crippen LogP contribution < -0.4 is 4.90 Å². The first kappa shape index (κ1) is 12.6. The number of benzene rings is 1. The Morgan fingerprint density at radius 3 is 2.56 bits per heavy atom. The van der Waals surface area contributed by atoms with Gasteiger partial charge >= 0.3 is 0 Å². The molecular formula is C15H19N3. The van der Waals surface area contributed by atoms with Crippen molar-refractivity contribution in [1.29, 1.82) is 0 Å². The monoisotopic (exact) mass is 241 g/mol. The normalized spacial score (nSPS) is 10.3. The fourth-order valence-electron chi connectivity index (χ4n) is 1.96. The lowest BCUT2D eigenvalue weighted by Gasteiger charge is -2.23. The number of nitrogens with zero attached hydrogens (tertiary/aromatic N) is 3. The van der Waals surface area contributed by atoms with Gasteiger partial charge in [-0.25, -0.2) is 9.97 Å². The lowest BCUT2D eigenvalue weighted by Crippen LogP contribution is -2.24. The standard InChI is InChI=1S/C15H19N3/c1-3-9-18(11-14-7-5-4-6-8-14)15-10-13(2)16-12-17-15/h4-8,10,12H,3,9,11H2,1-2H3. The summed E-state index contributed by atoms with van der Waals surface area (Å²) in [5, 5.41) is 0. The van der Waals surface area contributed by atoms with Crippen molar-refractivity contribution in [2.45, 2.75) is 26.8 Å². The van der Waals surface area contributed by atoms with E-state index in [2.05, 4.69) is 46.1 Å². The molecule has 0 fully saturated rings. The molecule has 0 N–H and O–H groups in total. The van der Waals surface area contributed by atoms with Crippen molar-refractivity contribution in [2.75, 3.05) is 11.4 Å². The largest absolute Gasteiger partial charge is 0.352 e. The zero-order valence-electron chi connectivity index (χ0n) is 11.0. The van der Waals surface area contributed by atoms with Crippen molar-refractivity contribution in [2.24, 2.45) is 0 Å². The molecule has 94 valence electrons. The summed E-state index contributed by atoms with van der Waals surface area (Å²) in [7, 11) is 0. The Bertz CT molecular complexity index is 482. The molecule has 0 atom stereocenters. The highest BCUT2D eigenvalue weighted by Crippen LogP contribution is 2.15. The molecule has 0 aliphatic carbocycles. The molecule has 0 radical (unpaired) electrons. The first-order chi connectivity index (χ1) is 8.79. The van der Waals surface area contributed by atoms with Gasteiger partial charge in [0.1, 0.15) is 12.1 Å². The van der Waals surface area contributed by atoms with Crippen LogP contribution in [0.2, 0.25) is 0 Å². The summed E-state index contributed by atoms with van der Waals surface area (Å²) in [6.45, 7) is 6.08. The fraction of sp³-hybridized carbons (Fsp3) is 0.333. The first-order valence-electron chi connectivity index (χ1n) is 6.37. The molecule has 2 rings (SSSR count). The van der Waals surface area contributed by atoms with E-state index in [1.54, 1.807) is 6.33 Å². The van der Waals surface area contributed by atoms with Gasteiger partial charge in [0, 0.05) is 24.8 Å². The first-order valence-corrected chi connectivity index (χ1v) is 6.37. The molecule has 1 aromatic carbocycles. The van der Waals surface area contributed by atoms with E-state index >= 15 is 0 Å². The quantitative estimate of drug-likeness (QED) is 0.805. The minimum atomic E-state index is 0.894. The van der Waals surface area contributed by atoms with Crippen LogP contribution >= 0.6 is 0 Å². The molecule has 3 heteroatoms. The zero-order valence-corrected chi connectivity index (χ0v) is 11.0. The van der Waals surface area contributed by atoms with E-state index in [-0.39, 0.29) is 0 Å². The van der Waals surface area contributed by atoms with Crippen LogP contribution in [0, 0.1) is 6.92 Å². The van der Waals surface area contributed by atoms with Crippen LogP contribution in [0.15, 0.2) is 42.7 Å². The van der Waals surface area contributed by atoms with Crippen molar-refractivity contribution in [3.05, 3.63) is 54.0 Å². The van der Waals surface area contributed by atoms with E-state index in [1.807, 2.05) is 19.1 Å². The predicted molar refractivity (Wildman–Crippen MR) is 74.6 cm³/mol. The molecule has 0 saturated heterocycles. The third-order valence-corrected chi connectivity index (χ3v) is 2.82. The van der Waals surface area contributed by atoms with E-state index in [4.69, 9.17) is 0 Å². The summed E-state index contributed by atoms with van der Waals surface area (Å²) in [5.41, 5.74) is 2.32. The highest BCUT2D eigenvalue weighted by atomic mass is 15.2. The Kier molecular flexibility index (Phi) is 4.29. The van der Waals surface area contributed by atoms with E-state index in [0.717, 1.165) is 31.0 Å². The minimum Gasteiger partial charge on any atom is -0.352 e. The molecule has 18 heavy (non-hydrogen) atoms. The number of rotatable bonds is 5. The van der Waals surface area contributed by atoms with Gasteiger partial charge in [-0.05, 0) is 18.9 Å². The SMILES string of the molecule is CCCN(Cc1ccccc1)c1cc(C)ncn1. The summed E-state index contributed by atoms with van der Waals surface area (Å²) in [6.07, 6.45) is 2.74. The Morgan fingerprint density at radius 1 is 1.11 bits per heavy atom. The summed E-state index contributed by atoms with van der Waals surface area (Å²) in [5.74, 6) is 1.01. The second kappa shape index (κ2) is 6.15. The Labute approximate surface area is 109 Å². The Balaban J connectivity index is 2.18. The number of hydrogen-bond donors (Lipinski definition) is 0. The number of aromatic nitrogens is 2. The summed E-state index contributed by atoms with van der Waals surface area (Å²) >= 11 is 0. The molecule has 0 amide bonds. The Hall–Kier alpha value is -1.90. The van der Waals surface area contributed by atoms with Gasteiger partial charge in [0.05, 0.1) is 0 Å². The van der Waals surface area contributed by atoms with Gasteiger partial charge < -0.3 is 4.90 Å². The van der Waals surface area contributed by atoms with E-state index in [0.29, 0.717) is 0 Å². The molecule has 2 aromatic rings. The molecule has 0 spiro atoms. The maximum absolute atomic E-state index is 4.37. The van der Waals surface area contributed by atoms with E-state index in [1.165, 1.54) is 5.56 Å². The molecule has 0 saturated carbocycles. The molecule has 0 aliphatic heterocycles. The van der Waals surface area contributed by atoms with Crippen LogP contribution in [0.5, 0.6) is 0 Å². The predicted octanol–water partition coefficient (Wildman–Crippen LogP) is 3.20. The van der Waals surface area contributed by atoms with Gasteiger partial charge in [0.15, 0.2) is 0 Å². The third kappa shape index (κ3) is 3.29. The Morgan fingerprint density at radius 2 is 1.89 bits per heavy atom. The van der Waals surface area contributed by atoms with Gasteiger partial charge in [-0.3, -0.25) is 0 Å². The summed E-state index contributed by atoms with van der Waals surface area (Å²) < 4.78 is 0. The maximum atomic E-state index is 4.37.